The van der Waals surface area contributed by atoms with Gasteiger partial charge in [0.2, 0.25) is 0 Å². The van der Waals surface area contributed by atoms with Crippen molar-refractivity contribution in [1.82, 2.24) is 5.32 Å². The van der Waals surface area contributed by atoms with Crippen LogP contribution in [0.1, 0.15) is 52.4 Å². The van der Waals surface area contributed by atoms with E-state index in [2.05, 4.69) is 25.2 Å². The smallest absolute Gasteiger partial charge is 0.0543 e. The van der Waals surface area contributed by atoms with Gasteiger partial charge in [-0.2, -0.15) is 0 Å². The fourth-order valence-corrected chi connectivity index (χ4v) is 2.36. The molecule has 1 N–H and O–H groups in total. The van der Waals surface area contributed by atoms with Crippen molar-refractivity contribution in [3.05, 3.63) is 11.6 Å². The maximum atomic E-state index is 5.32. The second kappa shape index (κ2) is 7.86. The van der Waals surface area contributed by atoms with Gasteiger partial charge in [-0.25, -0.2) is 0 Å². The van der Waals surface area contributed by atoms with E-state index >= 15 is 0 Å². The zero-order valence-electron chi connectivity index (χ0n) is 11.1. The summed E-state index contributed by atoms with van der Waals surface area (Å²) in [5.74, 6) is 0. The second-order valence-corrected chi connectivity index (χ2v) is 4.76. The van der Waals surface area contributed by atoms with Crippen molar-refractivity contribution in [2.75, 3.05) is 13.7 Å². The van der Waals surface area contributed by atoms with Crippen LogP contribution in [-0.2, 0) is 4.74 Å². The van der Waals surface area contributed by atoms with Gasteiger partial charge >= 0.3 is 0 Å². The molecule has 0 aromatic rings. The molecule has 0 spiro atoms. The third kappa shape index (κ3) is 4.67. The van der Waals surface area contributed by atoms with Gasteiger partial charge in [-0.15, -0.1) is 0 Å². The first-order valence-corrected chi connectivity index (χ1v) is 6.73. The molecule has 0 aromatic heterocycles. The minimum Gasteiger partial charge on any atom is -0.382 e. The number of nitrogens with one attached hydrogen (secondary N) is 1. The molecule has 1 aliphatic rings. The Balaban J connectivity index is 2.42. The van der Waals surface area contributed by atoms with E-state index in [9.17, 15) is 0 Å². The molecule has 0 amide bonds. The van der Waals surface area contributed by atoms with Gasteiger partial charge in [-0.1, -0.05) is 18.6 Å². The maximum Gasteiger partial charge on any atom is 0.0543 e. The van der Waals surface area contributed by atoms with Gasteiger partial charge < -0.3 is 10.1 Å². The van der Waals surface area contributed by atoms with E-state index in [-0.39, 0.29) is 0 Å². The van der Waals surface area contributed by atoms with Crippen molar-refractivity contribution in [3.63, 3.8) is 0 Å². The third-order valence-electron chi connectivity index (χ3n) is 3.49. The van der Waals surface area contributed by atoms with Crippen LogP contribution < -0.4 is 5.32 Å². The summed E-state index contributed by atoms with van der Waals surface area (Å²) < 4.78 is 5.32. The summed E-state index contributed by atoms with van der Waals surface area (Å²) in [6.45, 7) is 5.40. The maximum absolute atomic E-state index is 5.32. The van der Waals surface area contributed by atoms with Crippen LogP contribution in [0.4, 0.5) is 0 Å². The average molecular weight is 225 g/mol. The Labute approximate surface area is 100 Å². The van der Waals surface area contributed by atoms with E-state index < -0.39 is 0 Å². The van der Waals surface area contributed by atoms with Crippen LogP contribution in [0.2, 0.25) is 0 Å². The summed E-state index contributed by atoms with van der Waals surface area (Å²) in [5.41, 5.74) is 1.64. The Hall–Kier alpha value is -0.340. The molecular weight excluding hydrogens is 198 g/mol. The van der Waals surface area contributed by atoms with Gasteiger partial charge in [0.25, 0.3) is 0 Å². The van der Waals surface area contributed by atoms with Crippen molar-refractivity contribution in [2.24, 2.45) is 0 Å². The average Bonchev–Trinajstić information content (AvgIpc) is 2.35. The lowest BCUT2D eigenvalue weighted by atomic mass is 9.91. The van der Waals surface area contributed by atoms with Crippen molar-refractivity contribution in [1.29, 1.82) is 0 Å². The van der Waals surface area contributed by atoms with E-state index in [1.54, 1.807) is 12.7 Å². The first kappa shape index (κ1) is 13.7. The highest BCUT2D eigenvalue weighted by molar-refractivity contribution is 5.13. The van der Waals surface area contributed by atoms with Crippen LogP contribution in [0.3, 0.4) is 0 Å². The molecule has 0 bridgehead atoms. The lowest BCUT2D eigenvalue weighted by Gasteiger charge is -2.25. The lowest BCUT2D eigenvalue weighted by molar-refractivity contribution is 0.107. The zero-order chi connectivity index (χ0) is 11.8. The van der Waals surface area contributed by atoms with Crippen LogP contribution in [0.15, 0.2) is 11.6 Å². The Kier molecular flexibility index (Phi) is 6.74. The molecule has 0 saturated carbocycles. The highest BCUT2D eigenvalue weighted by Gasteiger charge is 2.16. The van der Waals surface area contributed by atoms with E-state index in [1.807, 2.05) is 0 Å². The van der Waals surface area contributed by atoms with E-state index in [0.29, 0.717) is 12.1 Å². The number of rotatable bonds is 7. The SMILES string of the molecule is CCNC(CCC(C)OC)C1=CCCCC1. The zero-order valence-corrected chi connectivity index (χ0v) is 11.1. The van der Waals surface area contributed by atoms with Gasteiger partial charge in [0.05, 0.1) is 6.10 Å². The molecule has 0 aromatic carbocycles. The predicted molar refractivity (Wildman–Crippen MR) is 69.7 cm³/mol. The van der Waals surface area contributed by atoms with Crippen molar-refractivity contribution in [3.8, 4) is 0 Å². The monoisotopic (exact) mass is 225 g/mol. The summed E-state index contributed by atoms with van der Waals surface area (Å²) in [7, 11) is 1.80. The molecular formula is C14H27NO. The van der Waals surface area contributed by atoms with E-state index in [1.165, 1.54) is 32.1 Å². The van der Waals surface area contributed by atoms with Crippen molar-refractivity contribution in [2.45, 2.75) is 64.5 Å². The first-order chi connectivity index (χ1) is 7.77. The topological polar surface area (TPSA) is 21.3 Å². The summed E-state index contributed by atoms with van der Waals surface area (Å²) in [4.78, 5) is 0. The standard InChI is InChI=1S/C14H27NO/c1-4-15-14(11-10-12(2)16-3)13-8-6-5-7-9-13/h8,12,14-15H,4-7,9-11H2,1-3H3. The lowest BCUT2D eigenvalue weighted by Crippen LogP contribution is -2.32. The Morgan fingerprint density at radius 2 is 2.19 bits per heavy atom. The van der Waals surface area contributed by atoms with Crippen LogP contribution in [-0.4, -0.2) is 25.8 Å². The fourth-order valence-electron chi connectivity index (χ4n) is 2.36. The molecule has 0 heterocycles. The highest BCUT2D eigenvalue weighted by atomic mass is 16.5. The number of likely N-dealkylation sites (N-methyl/N-ethyl adjacent to an activating group) is 1. The summed E-state index contributed by atoms with van der Waals surface area (Å²) >= 11 is 0. The second-order valence-electron chi connectivity index (χ2n) is 4.76. The van der Waals surface area contributed by atoms with E-state index in [0.717, 1.165) is 13.0 Å². The van der Waals surface area contributed by atoms with Gasteiger partial charge in [0, 0.05) is 13.2 Å². The first-order valence-electron chi connectivity index (χ1n) is 6.73. The molecule has 2 atom stereocenters. The number of allylic oxidation sites excluding steroid dienone is 1. The van der Waals surface area contributed by atoms with Gasteiger partial charge in [-0.05, 0) is 52.0 Å². The third-order valence-corrected chi connectivity index (χ3v) is 3.49. The van der Waals surface area contributed by atoms with Gasteiger partial charge in [-0.3, -0.25) is 0 Å². The quantitative estimate of drug-likeness (QED) is 0.671. The summed E-state index contributed by atoms with van der Waals surface area (Å²) in [5, 5.41) is 3.61. The summed E-state index contributed by atoms with van der Waals surface area (Å²) in [6, 6.07) is 0.586. The number of hydrogen-bond acceptors (Lipinski definition) is 2. The molecule has 0 fully saturated rings. The molecule has 0 saturated heterocycles. The molecule has 94 valence electrons. The van der Waals surface area contributed by atoms with Crippen LogP contribution in [0.25, 0.3) is 0 Å². The summed E-state index contributed by atoms with van der Waals surface area (Å²) in [6.07, 6.45) is 10.5. The van der Waals surface area contributed by atoms with Crippen molar-refractivity contribution < 1.29 is 4.74 Å². The molecule has 2 heteroatoms. The molecule has 2 unspecified atom stereocenters. The highest BCUT2D eigenvalue weighted by Crippen LogP contribution is 2.23. The number of hydrogen-bond donors (Lipinski definition) is 1. The fraction of sp³-hybridized carbons (Fsp3) is 0.857. The number of ether oxygens (including phenoxy) is 1. The van der Waals surface area contributed by atoms with Crippen LogP contribution in [0, 0.1) is 0 Å². The largest absolute Gasteiger partial charge is 0.382 e. The molecule has 16 heavy (non-hydrogen) atoms. The van der Waals surface area contributed by atoms with Crippen LogP contribution in [0.5, 0.6) is 0 Å². The molecule has 0 radical (unpaired) electrons. The molecule has 1 rings (SSSR count). The van der Waals surface area contributed by atoms with Gasteiger partial charge in [0.15, 0.2) is 0 Å². The number of methoxy groups -OCH3 is 1. The molecule has 2 nitrogen and oxygen atoms in total. The Bertz CT molecular complexity index is 213. The minimum absolute atomic E-state index is 0.380. The van der Waals surface area contributed by atoms with Crippen molar-refractivity contribution >= 4 is 0 Å². The molecule has 1 aliphatic carbocycles. The normalized spacial score (nSPS) is 20.3. The molecule has 0 aliphatic heterocycles. The Morgan fingerprint density at radius 3 is 2.75 bits per heavy atom. The van der Waals surface area contributed by atoms with E-state index in [4.69, 9.17) is 4.74 Å². The minimum atomic E-state index is 0.380. The van der Waals surface area contributed by atoms with Gasteiger partial charge in [0.1, 0.15) is 0 Å². The van der Waals surface area contributed by atoms with Crippen LogP contribution >= 0.6 is 0 Å². The predicted octanol–water partition coefficient (Wildman–Crippen LogP) is 3.28. The Morgan fingerprint density at radius 1 is 1.38 bits per heavy atom.